The first-order chi connectivity index (χ1) is 21.5. The van der Waals surface area contributed by atoms with E-state index in [1.165, 1.54) is 36.1 Å². The van der Waals surface area contributed by atoms with Crippen LogP contribution in [-0.2, 0) is 21.4 Å². The van der Waals surface area contributed by atoms with Crippen molar-refractivity contribution in [3.8, 4) is 0 Å². The number of aromatic nitrogens is 1. The molecule has 250 valence electrons. The Labute approximate surface area is 275 Å². The van der Waals surface area contributed by atoms with Gasteiger partial charge in [-0.25, -0.2) is 4.98 Å². The van der Waals surface area contributed by atoms with Gasteiger partial charge in [0.25, 0.3) is 0 Å². The van der Waals surface area contributed by atoms with Crippen molar-refractivity contribution >= 4 is 17.3 Å². The third-order valence-corrected chi connectivity index (χ3v) is 13.2. The smallest absolute Gasteiger partial charge is 0.311 e. The molecule has 0 spiro atoms. The van der Waals surface area contributed by atoms with Gasteiger partial charge in [-0.05, 0) is 118 Å². The Morgan fingerprint density at radius 1 is 1.20 bits per heavy atom. The summed E-state index contributed by atoms with van der Waals surface area (Å²) in [5, 5.41) is 31.3. The molecule has 4 aliphatic rings. The van der Waals surface area contributed by atoms with Crippen molar-refractivity contribution < 1.29 is 24.9 Å². The van der Waals surface area contributed by atoms with Gasteiger partial charge in [0.05, 0.1) is 30.1 Å². The number of carbonyl (C=O) groups is 1. The molecule has 1 unspecified atom stereocenters. The number of aliphatic hydroxyl groups excluding tert-OH is 3. The first-order valence-corrected chi connectivity index (χ1v) is 18.6. The molecule has 6 nitrogen and oxygen atoms in total. The van der Waals surface area contributed by atoms with E-state index in [0.29, 0.717) is 30.6 Å². The molecule has 4 fully saturated rings. The van der Waals surface area contributed by atoms with Crippen LogP contribution in [0.15, 0.2) is 41.6 Å². The molecule has 0 bridgehead atoms. The zero-order valence-electron chi connectivity index (χ0n) is 28.1. The topological polar surface area (TPSA) is 99.9 Å². The highest BCUT2D eigenvalue weighted by Gasteiger charge is 2.56. The van der Waals surface area contributed by atoms with Gasteiger partial charge in [0.1, 0.15) is 11.1 Å². The van der Waals surface area contributed by atoms with E-state index >= 15 is 0 Å². The number of rotatable bonds is 13. The Bertz CT molecular complexity index is 1260. The molecule has 0 aromatic carbocycles. The summed E-state index contributed by atoms with van der Waals surface area (Å²) in [6.07, 6.45) is 19.2. The van der Waals surface area contributed by atoms with Crippen molar-refractivity contribution in [2.75, 3.05) is 6.61 Å². The summed E-state index contributed by atoms with van der Waals surface area (Å²) < 4.78 is 6.26. The Morgan fingerprint density at radius 3 is 2.69 bits per heavy atom. The number of unbranched alkanes of at least 4 members (excludes halogenated alkanes) is 1. The quantitative estimate of drug-likeness (QED) is 0.192. The third-order valence-electron chi connectivity index (χ3n) is 12.0. The van der Waals surface area contributed by atoms with E-state index in [1.54, 1.807) is 18.3 Å². The Kier molecular flexibility index (Phi) is 11.2. The maximum absolute atomic E-state index is 13.0. The molecule has 1 aromatic rings. The summed E-state index contributed by atoms with van der Waals surface area (Å²) in [5.41, 5.74) is 3.30. The lowest BCUT2D eigenvalue weighted by molar-refractivity contribution is -0.157. The van der Waals surface area contributed by atoms with Gasteiger partial charge in [0.2, 0.25) is 0 Å². The van der Waals surface area contributed by atoms with Crippen molar-refractivity contribution in [2.24, 2.45) is 29.1 Å². The summed E-state index contributed by atoms with van der Waals surface area (Å²) in [6.45, 7) is 12.8. The average molecular weight is 640 g/mol. The van der Waals surface area contributed by atoms with Crippen LogP contribution in [0.1, 0.15) is 121 Å². The Hall–Kier alpha value is -1.80. The molecule has 5 rings (SSSR count). The van der Waals surface area contributed by atoms with Gasteiger partial charge in [-0.1, -0.05) is 51.5 Å². The maximum atomic E-state index is 13.0. The monoisotopic (exact) mass is 639 g/mol. The van der Waals surface area contributed by atoms with E-state index in [1.807, 2.05) is 6.20 Å². The number of nitrogens with zero attached hydrogens (tertiary/aromatic N) is 1. The van der Waals surface area contributed by atoms with Crippen LogP contribution < -0.4 is 0 Å². The van der Waals surface area contributed by atoms with Crippen LogP contribution in [0.2, 0.25) is 0 Å². The molecule has 4 saturated carbocycles. The SMILES string of the molecule is C=C1C(=CC=C2CCC[C@]3(C)[C@@H]([C@H](C)CC[C@H](OC(=O)C(C)CO)C4(c5ncc(CCCC)s5)CC4)CC[C@@H]23)C[C@@H](O)C[C@@H]1O. The number of aryl methyl sites for hydroxylation is 1. The standard InChI is InChI=1S/C38H57NO5S/c1-6-7-10-30-22-39-36(45-30)38(18-19-38)34(44-35(43)25(3)23-40)16-11-24(2)31-14-15-32-27(9-8-17-37(31,32)5)12-13-28-20-29(41)21-33(42)26(28)4/h12-13,22,24-25,29,31-34,40-42H,4,6-11,14-21,23H2,1-3,5H3/t24-,25?,29-,31-,32+,33+,34+,37-/m1/s1. The number of allylic oxidation sites excluding steroid dienone is 3. The molecule has 0 amide bonds. The van der Waals surface area contributed by atoms with Crippen LogP contribution in [0.5, 0.6) is 0 Å². The van der Waals surface area contributed by atoms with Crippen molar-refractivity contribution in [1.82, 2.24) is 4.98 Å². The molecule has 0 saturated heterocycles. The predicted octanol–water partition coefficient (Wildman–Crippen LogP) is 7.61. The molecule has 1 aromatic heterocycles. The molecule has 1 heterocycles. The van der Waals surface area contributed by atoms with Crippen molar-refractivity contribution in [1.29, 1.82) is 0 Å². The normalized spacial score (nSPS) is 33.2. The fraction of sp³-hybridized carbons (Fsp3) is 0.737. The summed E-state index contributed by atoms with van der Waals surface area (Å²) >= 11 is 1.81. The van der Waals surface area contributed by atoms with E-state index in [2.05, 4.69) is 39.5 Å². The average Bonchev–Trinajstić information content (AvgIpc) is 3.53. The number of thiazole rings is 1. The first-order valence-electron chi connectivity index (χ1n) is 17.7. The highest BCUT2D eigenvalue weighted by atomic mass is 32.1. The number of carbonyl (C=O) groups excluding carboxylic acids is 1. The molecule has 3 N–H and O–H groups in total. The second-order valence-corrected chi connectivity index (χ2v) is 16.2. The molecular weight excluding hydrogens is 582 g/mol. The Balaban J connectivity index is 1.29. The van der Waals surface area contributed by atoms with Gasteiger partial charge in [-0.15, -0.1) is 11.3 Å². The third kappa shape index (κ3) is 7.37. The molecule has 45 heavy (non-hydrogen) atoms. The van der Waals surface area contributed by atoms with Crippen LogP contribution in [0.4, 0.5) is 0 Å². The summed E-state index contributed by atoms with van der Waals surface area (Å²) in [6, 6.07) is 0. The van der Waals surface area contributed by atoms with Gasteiger partial charge in [0.15, 0.2) is 0 Å². The van der Waals surface area contributed by atoms with Gasteiger partial charge < -0.3 is 20.1 Å². The number of aliphatic hydroxyl groups is 3. The fourth-order valence-corrected chi connectivity index (χ4v) is 10.1. The second-order valence-electron chi connectivity index (χ2n) is 15.1. The number of esters is 1. The van der Waals surface area contributed by atoms with Gasteiger partial charge in [-0.2, -0.15) is 0 Å². The lowest BCUT2D eigenvalue weighted by atomic mass is 9.60. The molecule has 4 aliphatic carbocycles. The summed E-state index contributed by atoms with van der Waals surface area (Å²) in [4.78, 5) is 19.2. The molecule has 0 radical (unpaired) electrons. The van der Waals surface area contributed by atoms with E-state index in [4.69, 9.17) is 9.72 Å². The minimum Gasteiger partial charge on any atom is -0.461 e. The van der Waals surface area contributed by atoms with E-state index < -0.39 is 18.1 Å². The Morgan fingerprint density at radius 2 is 1.98 bits per heavy atom. The van der Waals surface area contributed by atoms with E-state index in [9.17, 15) is 20.1 Å². The van der Waals surface area contributed by atoms with Gasteiger partial charge in [-0.3, -0.25) is 4.79 Å². The second kappa shape index (κ2) is 14.5. The summed E-state index contributed by atoms with van der Waals surface area (Å²) in [7, 11) is 0. The zero-order chi connectivity index (χ0) is 32.4. The maximum Gasteiger partial charge on any atom is 0.311 e. The van der Waals surface area contributed by atoms with E-state index in [0.717, 1.165) is 67.5 Å². The minimum absolute atomic E-state index is 0.180. The van der Waals surface area contributed by atoms with Gasteiger partial charge >= 0.3 is 5.97 Å². The number of hydrogen-bond acceptors (Lipinski definition) is 7. The van der Waals surface area contributed by atoms with Crippen LogP contribution in [0.3, 0.4) is 0 Å². The molecular formula is C38H57NO5S. The van der Waals surface area contributed by atoms with Crippen LogP contribution in [-0.4, -0.2) is 51.2 Å². The number of ether oxygens (including phenoxy) is 1. The van der Waals surface area contributed by atoms with Crippen LogP contribution >= 0.6 is 11.3 Å². The lowest BCUT2D eigenvalue weighted by Crippen LogP contribution is -2.37. The van der Waals surface area contributed by atoms with Crippen LogP contribution in [0, 0.1) is 29.1 Å². The predicted molar refractivity (Wildman–Crippen MR) is 181 cm³/mol. The van der Waals surface area contributed by atoms with Crippen molar-refractivity contribution in [3.63, 3.8) is 0 Å². The molecule has 0 aliphatic heterocycles. The zero-order valence-corrected chi connectivity index (χ0v) is 28.9. The fourth-order valence-electron chi connectivity index (χ4n) is 8.89. The van der Waals surface area contributed by atoms with Gasteiger partial charge in [0, 0.05) is 17.5 Å². The minimum atomic E-state index is -0.657. The molecule has 8 atom stereocenters. The van der Waals surface area contributed by atoms with Crippen molar-refractivity contribution in [3.05, 3.63) is 51.5 Å². The number of hydrogen-bond donors (Lipinski definition) is 3. The number of fused-ring (bicyclic) bond motifs is 1. The largest absolute Gasteiger partial charge is 0.461 e. The highest BCUT2D eigenvalue weighted by molar-refractivity contribution is 7.11. The first kappa shape index (κ1) is 34.5. The van der Waals surface area contributed by atoms with Crippen molar-refractivity contribution in [2.45, 2.75) is 141 Å². The highest BCUT2D eigenvalue weighted by Crippen LogP contribution is 2.60. The summed E-state index contributed by atoms with van der Waals surface area (Å²) in [5.74, 6) is 0.841. The lowest BCUT2D eigenvalue weighted by Gasteiger charge is -2.44. The molecule has 7 heteroatoms. The van der Waals surface area contributed by atoms with Crippen LogP contribution in [0.25, 0.3) is 0 Å². The van der Waals surface area contributed by atoms with E-state index in [-0.39, 0.29) is 29.5 Å².